The van der Waals surface area contributed by atoms with Crippen molar-refractivity contribution >= 4 is 11.7 Å². The van der Waals surface area contributed by atoms with Crippen LogP contribution in [0, 0.1) is 11.8 Å². The molecule has 2 heterocycles. The van der Waals surface area contributed by atoms with Gasteiger partial charge in [0.1, 0.15) is 0 Å². The second-order valence-electron chi connectivity index (χ2n) is 5.03. The Hall–Kier alpha value is -1.58. The largest absolute Gasteiger partial charge is 0.476 e. The van der Waals surface area contributed by atoms with E-state index in [0.717, 1.165) is 18.8 Å². The van der Waals surface area contributed by atoms with Gasteiger partial charge in [-0.2, -0.15) is 0 Å². The highest BCUT2D eigenvalue weighted by atomic mass is 16.4. The molecule has 0 aromatic carbocycles. The molecule has 1 aliphatic rings. The van der Waals surface area contributed by atoms with Crippen molar-refractivity contribution in [2.24, 2.45) is 11.8 Å². The lowest BCUT2D eigenvalue weighted by molar-refractivity contribution is 0.0691. The molecule has 0 aliphatic carbocycles. The van der Waals surface area contributed by atoms with E-state index in [1.165, 1.54) is 12.6 Å². The van der Waals surface area contributed by atoms with E-state index in [9.17, 15) is 4.79 Å². The van der Waals surface area contributed by atoms with Gasteiger partial charge in [-0.25, -0.2) is 9.78 Å². The molecule has 0 bridgehead atoms. The average molecular weight is 234 g/mol. The van der Waals surface area contributed by atoms with Gasteiger partial charge in [0.2, 0.25) is 0 Å². The maximum atomic E-state index is 11.1. The number of pyridine rings is 1. The minimum absolute atomic E-state index is 0.161. The summed E-state index contributed by atoms with van der Waals surface area (Å²) in [7, 11) is 0. The topological polar surface area (TPSA) is 53.4 Å². The molecule has 4 nitrogen and oxygen atoms in total. The summed E-state index contributed by atoms with van der Waals surface area (Å²) < 4.78 is 0. The number of aromatic carboxylic acids is 1. The Balaban J connectivity index is 2.30. The maximum absolute atomic E-state index is 11.1. The lowest BCUT2D eigenvalue weighted by Gasteiger charge is -2.36. The van der Waals surface area contributed by atoms with Gasteiger partial charge in [-0.05, 0) is 30.4 Å². The van der Waals surface area contributed by atoms with Crippen LogP contribution < -0.4 is 4.90 Å². The van der Waals surface area contributed by atoms with Crippen LogP contribution in [0.25, 0.3) is 0 Å². The number of piperidine rings is 1. The molecule has 0 amide bonds. The van der Waals surface area contributed by atoms with E-state index in [4.69, 9.17) is 5.11 Å². The second kappa shape index (κ2) is 4.73. The normalized spacial score (nSPS) is 24.7. The van der Waals surface area contributed by atoms with Gasteiger partial charge in [0, 0.05) is 19.3 Å². The van der Waals surface area contributed by atoms with Crippen molar-refractivity contribution in [2.75, 3.05) is 18.0 Å². The fourth-order valence-corrected chi connectivity index (χ4v) is 2.68. The van der Waals surface area contributed by atoms with Crippen molar-refractivity contribution in [2.45, 2.75) is 20.3 Å². The summed E-state index contributed by atoms with van der Waals surface area (Å²) in [5, 5.41) is 9.14. The first-order valence-electron chi connectivity index (χ1n) is 6.01. The number of anilines is 1. The van der Waals surface area contributed by atoms with Crippen molar-refractivity contribution in [3.8, 4) is 0 Å². The number of nitrogens with zero attached hydrogens (tertiary/aromatic N) is 2. The zero-order chi connectivity index (χ0) is 12.4. The summed E-state index contributed by atoms with van der Waals surface area (Å²) in [5.41, 5.74) is 0.909. The van der Waals surface area contributed by atoms with E-state index < -0.39 is 5.97 Å². The molecule has 1 saturated heterocycles. The first-order chi connectivity index (χ1) is 8.08. The summed E-state index contributed by atoms with van der Waals surface area (Å²) in [5.74, 6) is 0.243. The Labute approximate surface area is 101 Å². The molecule has 1 aliphatic heterocycles. The van der Waals surface area contributed by atoms with Gasteiger partial charge in [0.25, 0.3) is 0 Å². The molecule has 2 unspecified atom stereocenters. The van der Waals surface area contributed by atoms with E-state index in [-0.39, 0.29) is 5.69 Å². The molecule has 17 heavy (non-hydrogen) atoms. The molecule has 92 valence electrons. The van der Waals surface area contributed by atoms with Crippen LogP contribution in [0.5, 0.6) is 0 Å². The lowest BCUT2D eigenvalue weighted by atomic mass is 9.91. The molecular formula is C13H18N2O2. The van der Waals surface area contributed by atoms with Gasteiger partial charge in [-0.3, -0.25) is 0 Å². The molecule has 0 radical (unpaired) electrons. The standard InChI is InChI=1S/C13H18N2O2/c1-9-6-10(2)8-15(7-9)11-4-3-5-14-12(11)13(16)17/h3-5,9-10H,6-8H2,1-2H3,(H,16,17). The number of carboxylic acids is 1. The van der Waals surface area contributed by atoms with Gasteiger partial charge in [-0.15, -0.1) is 0 Å². The molecule has 1 aromatic heterocycles. The van der Waals surface area contributed by atoms with Gasteiger partial charge in [-0.1, -0.05) is 13.8 Å². The van der Waals surface area contributed by atoms with Gasteiger partial charge in [0.05, 0.1) is 5.69 Å². The van der Waals surface area contributed by atoms with Crippen LogP contribution >= 0.6 is 0 Å². The van der Waals surface area contributed by atoms with Crippen molar-refractivity contribution in [1.82, 2.24) is 4.98 Å². The summed E-state index contributed by atoms with van der Waals surface area (Å²) >= 11 is 0. The van der Waals surface area contributed by atoms with Crippen LogP contribution in [0.4, 0.5) is 5.69 Å². The number of carboxylic acid groups (broad SMARTS) is 1. The van der Waals surface area contributed by atoms with Crippen molar-refractivity contribution in [3.63, 3.8) is 0 Å². The molecule has 1 aromatic rings. The van der Waals surface area contributed by atoms with E-state index >= 15 is 0 Å². The van der Waals surface area contributed by atoms with Crippen molar-refractivity contribution in [1.29, 1.82) is 0 Å². The third-order valence-electron chi connectivity index (χ3n) is 3.20. The zero-order valence-corrected chi connectivity index (χ0v) is 10.3. The number of carbonyl (C=O) groups is 1. The fourth-order valence-electron chi connectivity index (χ4n) is 2.68. The average Bonchev–Trinajstić information content (AvgIpc) is 2.27. The third-order valence-corrected chi connectivity index (χ3v) is 3.20. The zero-order valence-electron chi connectivity index (χ0n) is 10.3. The van der Waals surface area contributed by atoms with Crippen molar-refractivity contribution in [3.05, 3.63) is 24.0 Å². The highest BCUT2D eigenvalue weighted by Gasteiger charge is 2.25. The number of rotatable bonds is 2. The van der Waals surface area contributed by atoms with Crippen LogP contribution in [-0.4, -0.2) is 29.1 Å². The number of hydrogen-bond acceptors (Lipinski definition) is 3. The Kier molecular flexibility index (Phi) is 3.31. The molecule has 0 saturated carbocycles. The molecule has 0 spiro atoms. The summed E-state index contributed by atoms with van der Waals surface area (Å²) in [4.78, 5) is 17.2. The second-order valence-corrected chi connectivity index (χ2v) is 5.03. The number of hydrogen-bond donors (Lipinski definition) is 1. The van der Waals surface area contributed by atoms with Crippen LogP contribution in [0.1, 0.15) is 30.8 Å². The first-order valence-corrected chi connectivity index (χ1v) is 6.01. The minimum atomic E-state index is -0.952. The van der Waals surface area contributed by atoms with Crippen molar-refractivity contribution < 1.29 is 9.90 Å². The molecule has 2 rings (SSSR count). The van der Waals surface area contributed by atoms with Gasteiger partial charge < -0.3 is 10.0 Å². The van der Waals surface area contributed by atoms with Gasteiger partial charge in [0.15, 0.2) is 5.69 Å². The van der Waals surface area contributed by atoms with E-state index in [2.05, 4.69) is 23.7 Å². The molecule has 2 atom stereocenters. The monoisotopic (exact) mass is 234 g/mol. The number of aromatic nitrogens is 1. The summed E-state index contributed by atoms with van der Waals surface area (Å²) in [6.07, 6.45) is 2.74. The van der Waals surface area contributed by atoms with E-state index in [1.54, 1.807) is 6.07 Å². The maximum Gasteiger partial charge on any atom is 0.356 e. The van der Waals surface area contributed by atoms with Crippen LogP contribution in [0.15, 0.2) is 18.3 Å². The van der Waals surface area contributed by atoms with E-state index in [0.29, 0.717) is 11.8 Å². The van der Waals surface area contributed by atoms with Gasteiger partial charge >= 0.3 is 5.97 Å². The first kappa shape index (κ1) is 11.9. The Morgan fingerprint density at radius 2 is 2.06 bits per heavy atom. The molecule has 1 fully saturated rings. The van der Waals surface area contributed by atoms with E-state index in [1.807, 2.05) is 6.07 Å². The quantitative estimate of drug-likeness (QED) is 0.852. The van der Waals surface area contributed by atoms with Crippen LogP contribution in [-0.2, 0) is 0 Å². The van der Waals surface area contributed by atoms with Crippen LogP contribution in [0.2, 0.25) is 0 Å². The molecule has 4 heteroatoms. The highest BCUT2D eigenvalue weighted by molar-refractivity contribution is 5.92. The highest BCUT2D eigenvalue weighted by Crippen LogP contribution is 2.27. The predicted molar refractivity (Wildman–Crippen MR) is 66.4 cm³/mol. The summed E-state index contributed by atoms with van der Waals surface area (Å²) in [6.45, 7) is 6.24. The smallest absolute Gasteiger partial charge is 0.356 e. The summed E-state index contributed by atoms with van der Waals surface area (Å²) in [6, 6.07) is 3.65. The minimum Gasteiger partial charge on any atom is -0.476 e. The Morgan fingerprint density at radius 1 is 1.41 bits per heavy atom. The Bertz CT molecular complexity index is 410. The SMILES string of the molecule is CC1CC(C)CN(c2cccnc2C(=O)O)C1. The molecule has 1 N–H and O–H groups in total. The third kappa shape index (κ3) is 2.57. The van der Waals surface area contributed by atoms with Crippen LogP contribution in [0.3, 0.4) is 0 Å². The predicted octanol–water partition coefficient (Wildman–Crippen LogP) is 2.26. The fraction of sp³-hybridized carbons (Fsp3) is 0.538. The Morgan fingerprint density at radius 3 is 2.65 bits per heavy atom. The molecular weight excluding hydrogens is 216 g/mol. The lowest BCUT2D eigenvalue weighted by Crippen LogP contribution is -2.39.